The van der Waals surface area contributed by atoms with Crippen LogP contribution in [0.1, 0.15) is 71.6 Å². The molecule has 0 aromatic carbocycles. The van der Waals surface area contributed by atoms with E-state index in [4.69, 9.17) is 0 Å². The van der Waals surface area contributed by atoms with Gasteiger partial charge in [0.15, 0.2) is 0 Å². The van der Waals surface area contributed by atoms with Crippen LogP contribution in [0.15, 0.2) is 4.99 Å². The summed E-state index contributed by atoms with van der Waals surface area (Å²) in [5, 5.41) is 0. The number of unbranched alkanes of at least 4 members (excludes halogenated alkanes) is 1. The molecule has 0 amide bonds. The van der Waals surface area contributed by atoms with Gasteiger partial charge in [-0.25, -0.2) is 0 Å². The summed E-state index contributed by atoms with van der Waals surface area (Å²) in [4.78, 5) is 4.53. The van der Waals surface area contributed by atoms with Crippen LogP contribution in [0.3, 0.4) is 0 Å². The van der Waals surface area contributed by atoms with Crippen molar-refractivity contribution in [2.24, 2.45) is 10.9 Å². The van der Waals surface area contributed by atoms with Gasteiger partial charge in [-0.1, -0.05) is 45.4 Å². The Labute approximate surface area is 95.4 Å². The molecule has 1 aliphatic rings. The molecule has 0 aromatic heterocycles. The fourth-order valence-corrected chi connectivity index (χ4v) is 2.49. The highest BCUT2D eigenvalue weighted by Gasteiger charge is 2.13. The molecule has 0 saturated heterocycles. The van der Waals surface area contributed by atoms with E-state index in [-0.39, 0.29) is 0 Å². The molecular formula is C14H27N. The highest BCUT2D eigenvalue weighted by atomic mass is 14.7. The molecule has 1 nitrogen and oxygen atoms in total. The SMILES string of the molecule is CCCN=C(C)CCCCC1CCCC1. The van der Waals surface area contributed by atoms with E-state index in [0.717, 1.165) is 12.5 Å². The Morgan fingerprint density at radius 2 is 1.93 bits per heavy atom. The standard InChI is InChI=1S/C14H27N/c1-3-12-15-13(2)8-4-5-9-14-10-6-7-11-14/h14H,3-12H2,1-2H3. The summed E-state index contributed by atoms with van der Waals surface area (Å²) in [6, 6.07) is 0. The van der Waals surface area contributed by atoms with Crippen LogP contribution in [0.5, 0.6) is 0 Å². The second-order valence-electron chi connectivity index (χ2n) is 5.01. The zero-order chi connectivity index (χ0) is 10.9. The number of rotatable bonds is 7. The third-order valence-corrected chi connectivity index (χ3v) is 3.48. The summed E-state index contributed by atoms with van der Waals surface area (Å²) in [5.41, 5.74) is 1.36. The first-order valence-corrected chi connectivity index (χ1v) is 6.83. The number of nitrogens with zero attached hydrogens (tertiary/aromatic N) is 1. The predicted octanol–water partition coefficient (Wildman–Crippen LogP) is 4.61. The third-order valence-electron chi connectivity index (χ3n) is 3.48. The van der Waals surface area contributed by atoms with Crippen molar-refractivity contribution in [2.75, 3.05) is 6.54 Å². The summed E-state index contributed by atoms with van der Waals surface area (Å²) in [7, 11) is 0. The average molecular weight is 209 g/mol. The van der Waals surface area contributed by atoms with Gasteiger partial charge in [0.1, 0.15) is 0 Å². The molecule has 0 unspecified atom stereocenters. The quantitative estimate of drug-likeness (QED) is 0.429. The first kappa shape index (κ1) is 12.7. The van der Waals surface area contributed by atoms with Crippen LogP contribution in [0.4, 0.5) is 0 Å². The Kier molecular flexibility index (Phi) is 6.71. The van der Waals surface area contributed by atoms with Crippen molar-refractivity contribution >= 4 is 5.71 Å². The van der Waals surface area contributed by atoms with Gasteiger partial charge >= 0.3 is 0 Å². The van der Waals surface area contributed by atoms with E-state index in [0.29, 0.717) is 0 Å². The largest absolute Gasteiger partial charge is 0.294 e. The molecule has 0 bridgehead atoms. The van der Waals surface area contributed by atoms with E-state index in [1.807, 2.05) is 0 Å². The molecule has 1 saturated carbocycles. The lowest BCUT2D eigenvalue weighted by molar-refractivity contribution is 0.476. The number of hydrogen-bond acceptors (Lipinski definition) is 1. The normalized spacial score (nSPS) is 18.7. The minimum Gasteiger partial charge on any atom is -0.294 e. The Balaban J connectivity index is 1.95. The van der Waals surface area contributed by atoms with Crippen LogP contribution in [0.25, 0.3) is 0 Å². The van der Waals surface area contributed by atoms with Crippen molar-refractivity contribution < 1.29 is 0 Å². The van der Waals surface area contributed by atoms with Crippen molar-refractivity contribution in [1.29, 1.82) is 0 Å². The maximum atomic E-state index is 4.53. The van der Waals surface area contributed by atoms with E-state index in [1.54, 1.807) is 0 Å². The Hall–Kier alpha value is -0.330. The van der Waals surface area contributed by atoms with Crippen molar-refractivity contribution in [3.8, 4) is 0 Å². The molecule has 1 heteroatoms. The van der Waals surface area contributed by atoms with Crippen molar-refractivity contribution in [1.82, 2.24) is 0 Å². The Morgan fingerprint density at radius 3 is 2.60 bits per heavy atom. The van der Waals surface area contributed by atoms with Crippen LogP contribution in [-0.2, 0) is 0 Å². The molecule has 0 spiro atoms. The Morgan fingerprint density at radius 1 is 1.20 bits per heavy atom. The first-order valence-electron chi connectivity index (χ1n) is 6.83. The summed E-state index contributed by atoms with van der Waals surface area (Å²) in [5.74, 6) is 1.07. The van der Waals surface area contributed by atoms with Gasteiger partial charge in [0.05, 0.1) is 0 Å². The maximum Gasteiger partial charge on any atom is 0.0385 e. The smallest absolute Gasteiger partial charge is 0.0385 e. The topological polar surface area (TPSA) is 12.4 Å². The zero-order valence-electron chi connectivity index (χ0n) is 10.6. The second kappa shape index (κ2) is 7.90. The van der Waals surface area contributed by atoms with E-state index < -0.39 is 0 Å². The minimum absolute atomic E-state index is 1.02. The fraction of sp³-hybridized carbons (Fsp3) is 0.929. The van der Waals surface area contributed by atoms with Gasteiger partial charge in [0, 0.05) is 12.3 Å². The maximum absolute atomic E-state index is 4.53. The van der Waals surface area contributed by atoms with Crippen LogP contribution >= 0.6 is 0 Å². The average Bonchev–Trinajstić information content (AvgIpc) is 2.74. The molecule has 88 valence electrons. The fourth-order valence-electron chi connectivity index (χ4n) is 2.49. The lowest BCUT2D eigenvalue weighted by Gasteiger charge is -2.07. The predicted molar refractivity (Wildman–Crippen MR) is 68.7 cm³/mol. The summed E-state index contributed by atoms with van der Waals surface area (Å²) >= 11 is 0. The van der Waals surface area contributed by atoms with Gasteiger partial charge < -0.3 is 0 Å². The number of hydrogen-bond donors (Lipinski definition) is 0. The highest BCUT2D eigenvalue weighted by molar-refractivity contribution is 5.81. The van der Waals surface area contributed by atoms with Crippen LogP contribution in [0, 0.1) is 5.92 Å². The van der Waals surface area contributed by atoms with Gasteiger partial charge in [0.25, 0.3) is 0 Å². The third kappa shape index (κ3) is 5.96. The molecule has 1 fully saturated rings. The molecule has 1 rings (SSSR count). The van der Waals surface area contributed by atoms with Crippen molar-refractivity contribution in [2.45, 2.75) is 71.6 Å². The van der Waals surface area contributed by atoms with E-state index in [1.165, 1.54) is 63.5 Å². The van der Waals surface area contributed by atoms with Crippen LogP contribution in [-0.4, -0.2) is 12.3 Å². The van der Waals surface area contributed by atoms with Crippen molar-refractivity contribution in [3.63, 3.8) is 0 Å². The second-order valence-corrected chi connectivity index (χ2v) is 5.01. The van der Waals surface area contributed by atoms with Gasteiger partial charge in [0.2, 0.25) is 0 Å². The number of aliphatic imine (C=N–C) groups is 1. The van der Waals surface area contributed by atoms with E-state index in [2.05, 4.69) is 18.8 Å². The summed E-state index contributed by atoms with van der Waals surface area (Å²) in [6.45, 7) is 5.40. The van der Waals surface area contributed by atoms with Gasteiger partial charge in [-0.15, -0.1) is 0 Å². The lowest BCUT2D eigenvalue weighted by Crippen LogP contribution is -1.96. The molecule has 15 heavy (non-hydrogen) atoms. The zero-order valence-corrected chi connectivity index (χ0v) is 10.6. The molecule has 0 heterocycles. The van der Waals surface area contributed by atoms with Gasteiger partial charge in [-0.3, -0.25) is 4.99 Å². The lowest BCUT2D eigenvalue weighted by atomic mass is 9.99. The van der Waals surface area contributed by atoms with Gasteiger partial charge in [-0.05, 0) is 32.1 Å². The highest BCUT2D eigenvalue weighted by Crippen LogP contribution is 2.29. The van der Waals surface area contributed by atoms with E-state index >= 15 is 0 Å². The molecule has 0 radical (unpaired) electrons. The van der Waals surface area contributed by atoms with Crippen LogP contribution < -0.4 is 0 Å². The first-order chi connectivity index (χ1) is 7.33. The molecule has 0 N–H and O–H groups in total. The molecule has 0 atom stereocenters. The summed E-state index contributed by atoms with van der Waals surface area (Å²) in [6.07, 6.45) is 12.6. The molecule has 0 aromatic rings. The molecule has 0 aliphatic heterocycles. The Bertz CT molecular complexity index is 178. The minimum atomic E-state index is 1.02. The van der Waals surface area contributed by atoms with E-state index in [9.17, 15) is 0 Å². The monoisotopic (exact) mass is 209 g/mol. The van der Waals surface area contributed by atoms with Crippen molar-refractivity contribution in [3.05, 3.63) is 0 Å². The van der Waals surface area contributed by atoms with Gasteiger partial charge in [-0.2, -0.15) is 0 Å². The van der Waals surface area contributed by atoms with Crippen LogP contribution in [0.2, 0.25) is 0 Å². The molecular weight excluding hydrogens is 182 g/mol. The summed E-state index contributed by atoms with van der Waals surface area (Å²) < 4.78 is 0. The molecule has 1 aliphatic carbocycles.